The molecule has 1 fully saturated rings. The summed E-state index contributed by atoms with van der Waals surface area (Å²) in [6.45, 7) is 0. The molecule has 0 amide bonds. The molecule has 0 saturated heterocycles. The van der Waals surface area contributed by atoms with Gasteiger partial charge in [-0.3, -0.25) is 9.59 Å². The molecule has 14 heavy (non-hydrogen) atoms. The van der Waals surface area contributed by atoms with E-state index in [1.54, 1.807) is 11.4 Å². The average Bonchev–Trinajstić information content (AvgIpc) is 2.82. The van der Waals surface area contributed by atoms with Crippen molar-refractivity contribution in [2.75, 3.05) is 0 Å². The van der Waals surface area contributed by atoms with Crippen molar-refractivity contribution in [3.05, 3.63) is 21.3 Å². The number of hydrogen-bond acceptors (Lipinski definition) is 3. The molecule has 5 heteroatoms. The third kappa shape index (κ3) is 1.67. The van der Waals surface area contributed by atoms with Crippen LogP contribution in [0.25, 0.3) is 0 Å². The molecule has 1 heterocycles. The summed E-state index contributed by atoms with van der Waals surface area (Å²) < 4.78 is 0.556. The number of carbonyl (C=O) groups excluding carboxylic acids is 1. The summed E-state index contributed by atoms with van der Waals surface area (Å²) in [4.78, 5) is 22.2. The molecule has 0 unspecified atom stereocenters. The van der Waals surface area contributed by atoms with Crippen LogP contribution in [-0.2, 0) is 4.79 Å². The first kappa shape index (κ1) is 9.68. The fraction of sp³-hybridized carbons (Fsp3) is 0.333. The Hall–Kier alpha value is -0.870. The molecule has 0 radical (unpaired) electrons. The van der Waals surface area contributed by atoms with Gasteiger partial charge in [0.15, 0.2) is 5.78 Å². The van der Waals surface area contributed by atoms with Gasteiger partial charge in [-0.15, -0.1) is 11.3 Å². The molecule has 1 saturated carbocycles. The quantitative estimate of drug-likeness (QED) is 0.811. The number of thiophene rings is 1. The van der Waals surface area contributed by atoms with Crippen LogP contribution in [-0.4, -0.2) is 16.9 Å². The first-order valence-electron chi connectivity index (χ1n) is 4.10. The standard InChI is InChI=1S/C9H7ClO3S/c10-7-1-4(3-14-7)8(11)5-2-6(5)9(12)13/h1,3,5-6H,2H2,(H,12,13)/t5-,6-/m0/s1. The second-order valence-electron chi connectivity index (χ2n) is 3.29. The van der Waals surface area contributed by atoms with Gasteiger partial charge in [0.2, 0.25) is 0 Å². The van der Waals surface area contributed by atoms with Gasteiger partial charge < -0.3 is 5.11 Å². The van der Waals surface area contributed by atoms with E-state index in [-0.39, 0.29) is 11.7 Å². The fourth-order valence-electron chi connectivity index (χ4n) is 1.41. The van der Waals surface area contributed by atoms with Crippen molar-refractivity contribution >= 4 is 34.7 Å². The maximum atomic E-state index is 11.6. The molecule has 3 nitrogen and oxygen atoms in total. The van der Waals surface area contributed by atoms with Gasteiger partial charge in [0.25, 0.3) is 0 Å². The molecular weight excluding hydrogens is 224 g/mol. The van der Waals surface area contributed by atoms with Crippen molar-refractivity contribution < 1.29 is 14.7 Å². The summed E-state index contributed by atoms with van der Waals surface area (Å²) in [5, 5.41) is 10.3. The average molecular weight is 231 g/mol. The normalized spacial score (nSPS) is 24.6. The lowest BCUT2D eigenvalue weighted by atomic mass is 10.1. The molecule has 0 bridgehead atoms. The molecule has 2 rings (SSSR count). The lowest BCUT2D eigenvalue weighted by molar-refractivity contribution is -0.138. The minimum atomic E-state index is -0.885. The third-order valence-electron chi connectivity index (χ3n) is 2.30. The van der Waals surface area contributed by atoms with Crippen molar-refractivity contribution in [2.24, 2.45) is 11.8 Å². The number of rotatable bonds is 3. The van der Waals surface area contributed by atoms with Gasteiger partial charge in [-0.2, -0.15) is 0 Å². The highest BCUT2D eigenvalue weighted by molar-refractivity contribution is 7.14. The predicted molar refractivity (Wildman–Crippen MR) is 52.9 cm³/mol. The van der Waals surface area contributed by atoms with Crippen LogP contribution >= 0.6 is 22.9 Å². The van der Waals surface area contributed by atoms with Crippen LogP contribution in [0.2, 0.25) is 4.34 Å². The molecule has 0 spiro atoms. The van der Waals surface area contributed by atoms with Gasteiger partial charge in [0.1, 0.15) is 0 Å². The van der Waals surface area contributed by atoms with E-state index in [1.165, 1.54) is 11.3 Å². The van der Waals surface area contributed by atoms with E-state index >= 15 is 0 Å². The number of ketones is 1. The van der Waals surface area contributed by atoms with E-state index < -0.39 is 11.9 Å². The van der Waals surface area contributed by atoms with Crippen LogP contribution in [0.3, 0.4) is 0 Å². The Morgan fingerprint density at radius 2 is 2.21 bits per heavy atom. The zero-order chi connectivity index (χ0) is 10.3. The predicted octanol–water partition coefficient (Wildman–Crippen LogP) is 2.30. The first-order chi connectivity index (χ1) is 6.59. The molecule has 0 aromatic carbocycles. The van der Waals surface area contributed by atoms with E-state index in [1.807, 2.05) is 0 Å². The number of hydrogen-bond donors (Lipinski definition) is 1. The van der Waals surface area contributed by atoms with Crippen LogP contribution < -0.4 is 0 Å². The largest absolute Gasteiger partial charge is 0.481 e. The summed E-state index contributed by atoms with van der Waals surface area (Å²) >= 11 is 6.96. The Labute approximate surface area is 89.3 Å². The molecule has 0 aliphatic heterocycles. The number of carboxylic acids is 1. The van der Waals surface area contributed by atoms with Gasteiger partial charge in [0, 0.05) is 16.9 Å². The zero-order valence-electron chi connectivity index (χ0n) is 7.07. The Kier molecular flexibility index (Phi) is 2.33. The molecule has 74 valence electrons. The highest BCUT2D eigenvalue weighted by Crippen LogP contribution is 2.41. The summed E-state index contributed by atoms with van der Waals surface area (Å²) in [5.74, 6) is -1.80. The lowest BCUT2D eigenvalue weighted by Crippen LogP contribution is -2.07. The Morgan fingerprint density at radius 3 is 2.64 bits per heavy atom. The summed E-state index contributed by atoms with van der Waals surface area (Å²) in [6.07, 6.45) is 0.460. The van der Waals surface area contributed by atoms with Crippen LogP contribution in [0.1, 0.15) is 16.8 Å². The van der Waals surface area contributed by atoms with E-state index in [0.717, 1.165) is 0 Å². The molecule has 1 aliphatic carbocycles. The van der Waals surface area contributed by atoms with Crippen LogP contribution in [0, 0.1) is 11.8 Å². The Morgan fingerprint density at radius 1 is 1.50 bits per heavy atom. The Balaban J connectivity index is 2.08. The van der Waals surface area contributed by atoms with E-state index in [2.05, 4.69) is 0 Å². The molecule has 1 aromatic rings. The number of carboxylic acid groups (broad SMARTS) is 1. The molecule has 1 aliphatic rings. The maximum Gasteiger partial charge on any atom is 0.307 e. The lowest BCUT2D eigenvalue weighted by Gasteiger charge is -1.92. The Bertz CT molecular complexity index is 399. The molecule has 1 N–H and O–H groups in total. The van der Waals surface area contributed by atoms with Gasteiger partial charge in [-0.05, 0) is 12.5 Å². The van der Waals surface area contributed by atoms with Crippen molar-refractivity contribution in [1.82, 2.24) is 0 Å². The van der Waals surface area contributed by atoms with E-state index in [4.69, 9.17) is 16.7 Å². The number of carbonyl (C=O) groups is 2. The summed E-state index contributed by atoms with van der Waals surface area (Å²) in [5.41, 5.74) is 0.536. The summed E-state index contributed by atoms with van der Waals surface area (Å²) in [7, 11) is 0. The van der Waals surface area contributed by atoms with E-state index in [0.29, 0.717) is 16.3 Å². The first-order valence-corrected chi connectivity index (χ1v) is 5.36. The minimum absolute atomic E-state index is 0.0967. The van der Waals surface area contributed by atoms with Gasteiger partial charge in [0.05, 0.1) is 10.3 Å². The summed E-state index contributed by atoms with van der Waals surface area (Å²) in [6, 6.07) is 1.59. The third-order valence-corrected chi connectivity index (χ3v) is 3.39. The fourth-order valence-corrected chi connectivity index (χ4v) is 2.28. The van der Waals surface area contributed by atoms with Crippen molar-refractivity contribution in [1.29, 1.82) is 0 Å². The number of Topliss-reactive ketones (excluding diaryl/α,β-unsaturated/α-hetero) is 1. The minimum Gasteiger partial charge on any atom is -0.481 e. The highest BCUT2D eigenvalue weighted by Gasteiger charge is 2.48. The van der Waals surface area contributed by atoms with Gasteiger partial charge in [-0.25, -0.2) is 0 Å². The van der Waals surface area contributed by atoms with Crippen LogP contribution in [0.4, 0.5) is 0 Å². The van der Waals surface area contributed by atoms with E-state index in [9.17, 15) is 9.59 Å². The van der Waals surface area contributed by atoms with Gasteiger partial charge >= 0.3 is 5.97 Å². The SMILES string of the molecule is O=C(O)[C@H]1C[C@@H]1C(=O)c1csc(Cl)c1. The monoisotopic (exact) mass is 230 g/mol. The number of aliphatic carboxylic acids is 1. The van der Waals surface area contributed by atoms with Crippen LogP contribution in [0.5, 0.6) is 0 Å². The zero-order valence-corrected chi connectivity index (χ0v) is 8.64. The van der Waals surface area contributed by atoms with Crippen molar-refractivity contribution in [3.8, 4) is 0 Å². The number of halogens is 1. The second kappa shape index (κ2) is 3.37. The maximum absolute atomic E-state index is 11.6. The van der Waals surface area contributed by atoms with Crippen LogP contribution in [0.15, 0.2) is 11.4 Å². The second-order valence-corrected chi connectivity index (χ2v) is 4.83. The van der Waals surface area contributed by atoms with Gasteiger partial charge in [-0.1, -0.05) is 11.6 Å². The molecular formula is C9H7ClO3S. The molecule has 1 aromatic heterocycles. The van der Waals surface area contributed by atoms with Crippen molar-refractivity contribution in [2.45, 2.75) is 6.42 Å². The topological polar surface area (TPSA) is 54.4 Å². The highest BCUT2D eigenvalue weighted by atomic mass is 35.5. The van der Waals surface area contributed by atoms with Crippen molar-refractivity contribution in [3.63, 3.8) is 0 Å². The molecule has 2 atom stereocenters. The smallest absolute Gasteiger partial charge is 0.307 e.